The number of ether oxygens (including phenoxy) is 1. The minimum absolute atomic E-state index is 0.152. The van der Waals surface area contributed by atoms with Gasteiger partial charge in [-0.2, -0.15) is 0 Å². The third-order valence-corrected chi connectivity index (χ3v) is 5.42. The lowest BCUT2D eigenvalue weighted by molar-refractivity contribution is 0.250. The zero-order chi connectivity index (χ0) is 21.4. The van der Waals surface area contributed by atoms with Crippen LogP contribution >= 0.6 is 0 Å². The molecule has 29 heavy (non-hydrogen) atoms. The Morgan fingerprint density at radius 1 is 1.14 bits per heavy atom. The molecule has 0 unspecified atom stereocenters. The maximum atomic E-state index is 9.93. The van der Waals surface area contributed by atoms with Gasteiger partial charge in [0.15, 0.2) is 0 Å². The van der Waals surface area contributed by atoms with Crippen LogP contribution in [0.2, 0.25) is 0 Å². The molecule has 0 amide bonds. The topological polar surface area (TPSA) is 55.2 Å². The summed E-state index contributed by atoms with van der Waals surface area (Å²) in [5, 5.41) is 9.93. The molecule has 1 atom stereocenters. The predicted molar refractivity (Wildman–Crippen MR) is 121 cm³/mol. The highest BCUT2D eigenvalue weighted by Crippen LogP contribution is 2.34. The number of aromatic nitrogens is 2. The van der Waals surface area contributed by atoms with Gasteiger partial charge >= 0.3 is 0 Å². The molecule has 2 heterocycles. The van der Waals surface area contributed by atoms with Gasteiger partial charge in [0.2, 0.25) is 5.88 Å². The van der Waals surface area contributed by atoms with Crippen molar-refractivity contribution in [2.45, 2.75) is 67.2 Å². The average molecular weight is 397 g/mol. The number of nitrogens with zero attached hydrogens (tertiary/aromatic N) is 2. The van der Waals surface area contributed by atoms with Gasteiger partial charge in [-0.1, -0.05) is 33.3 Å². The minimum Gasteiger partial charge on any atom is -0.478 e. The van der Waals surface area contributed by atoms with E-state index in [4.69, 9.17) is 14.7 Å². The normalized spacial score (nSPS) is 12.9. The summed E-state index contributed by atoms with van der Waals surface area (Å²) in [7, 11) is 0. The average Bonchev–Trinajstić information content (AvgIpc) is 2.74. The SMILES string of the molecule is C/C=C(\c1cc(CC)c(-c2ccc(OCC)nc2CC)nc1C)[C@H](CO)CCC. The van der Waals surface area contributed by atoms with Gasteiger partial charge in [0.1, 0.15) is 0 Å². The van der Waals surface area contributed by atoms with Gasteiger partial charge in [0.05, 0.1) is 18.0 Å². The zero-order valence-electron chi connectivity index (χ0n) is 18.9. The largest absolute Gasteiger partial charge is 0.478 e. The van der Waals surface area contributed by atoms with E-state index in [0.29, 0.717) is 12.5 Å². The molecule has 0 spiro atoms. The van der Waals surface area contributed by atoms with Crippen LogP contribution < -0.4 is 4.74 Å². The fraction of sp³-hybridized carbons (Fsp3) is 0.520. The first-order valence-corrected chi connectivity index (χ1v) is 10.9. The molecular formula is C25H36N2O2. The fourth-order valence-electron chi connectivity index (χ4n) is 3.94. The maximum Gasteiger partial charge on any atom is 0.213 e. The van der Waals surface area contributed by atoms with Gasteiger partial charge in [0, 0.05) is 29.8 Å². The lowest BCUT2D eigenvalue weighted by Crippen LogP contribution is -2.11. The van der Waals surface area contributed by atoms with Gasteiger partial charge < -0.3 is 9.84 Å². The Kier molecular flexibility index (Phi) is 8.84. The summed E-state index contributed by atoms with van der Waals surface area (Å²) in [4.78, 5) is 9.74. The number of hydrogen-bond donors (Lipinski definition) is 1. The van der Waals surface area contributed by atoms with Crippen molar-refractivity contribution in [1.29, 1.82) is 0 Å². The maximum absolute atomic E-state index is 9.93. The number of pyridine rings is 2. The Morgan fingerprint density at radius 3 is 2.45 bits per heavy atom. The van der Waals surface area contributed by atoms with Crippen molar-refractivity contribution in [3.05, 3.63) is 46.8 Å². The second-order valence-electron chi connectivity index (χ2n) is 7.33. The van der Waals surface area contributed by atoms with E-state index in [-0.39, 0.29) is 12.5 Å². The summed E-state index contributed by atoms with van der Waals surface area (Å²) >= 11 is 0. The number of allylic oxidation sites excluding steroid dienone is 1. The monoisotopic (exact) mass is 396 g/mol. The number of hydrogen-bond acceptors (Lipinski definition) is 4. The first-order chi connectivity index (χ1) is 14.0. The van der Waals surface area contributed by atoms with E-state index >= 15 is 0 Å². The Labute approximate surface area is 176 Å². The van der Waals surface area contributed by atoms with E-state index in [1.165, 1.54) is 11.1 Å². The highest BCUT2D eigenvalue weighted by atomic mass is 16.5. The lowest BCUT2D eigenvalue weighted by Gasteiger charge is -2.21. The quantitative estimate of drug-likeness (QED) is 0.552. The second-order valence-corrected chi connectivity index (χ2v) is 7.33. The van der Waals surface area contributed by atoms with Crippen LogP contribution in [-0.4, -0.2) is 28.3 Å². The summed E-state index contributed by atoms with van der Waals surface area (Å²) < 4.78 is 5.58. The molecule has 4 heteroatoms. The van der Waals surface area contributed by atoms with E-state index in [0.717, 1.165) is 53.9 Å². The van der Waals surface area contributed by atoms with Gasteiger partial charge in [0.25, 0.3) is 0 Å². The third kappa shape index (κ3) is 5.24. The molecule has 0 aliphatic heterocycles. The molecule has 2 aromatic heterocycles. The van der Waals surface area contributed by atoms with Crippen molar-refractivity contribution in [2.24, 2.45) is 5.92 Å². The van der Waals surface area contributed by atoms with Crippen LogP contribution in [0.25, 0.3) is 16.8 Å². The van der Waals surface area contributed by atoms with Crippen LogP contribution in [0.1, 0.15) is 70.0 Å². The zero-order valence-corrected chi connectivity index (χ0v) is 18.9. The Balaban J connectivity index is 2.59. The first kappa shape index (κ1) is 23.1. The van der Waals surface area contributed by atoms with Gasteiger partial charge in [-0.15, -0.1) is 0 Å². The number of aliphatic hydroxyl groups is 1. The van der Waals surface area contributed by atoms with Crippen molar-refractivity contribution in [1.82, 2.24) is 9.97 Å². The van der Waals surface area contributed by atoms with Crippen molar-refractivity contribution in [2.75, 3.05) is 13.2 Å². The van der Waals surface area contributed by atoms with Crippen LogP contribution in [0.4, 0.5) is 0 Å². The minimum atomic E-state index is 0.152. The smallest absolute Gasteiger partial charge is 0.213 e. The molecule has 0 aromatic carbocycles. The van der Waals surface area contributed by atoms with Crippen molar-refractivity contribution in [3.63, 3.8) is 0 Å². The Hall–Kier alpha value is -2.20. The molecular weight excluding hydrogens is 360 g/mol. The molecule has 0 aliphatic carbocycles. The molecule has 0 fully saturated rings. The van der Waals surface area contributed by atoms with Crippen molar-refractivity contribution in [3.8, 4) is 17.1 Å². The van der Waals surface area contributed by atoms with Crippen LogP contribution in [0.15, 0.2) is 24.3 Å². The molecule has 0 saturated carbocycles. The first-order valence-electron chi connectivity index (χ1n) is 10.9. The van der Waals surface area contributed by atoms with E-state index in [1.807, 2.05) is 13.0 Å². The molecule has 0 saturated heterocycles. The van der Waals surface area contributed by atoms with E-state index in [9.17, 15) is 5.11 Å². The lowest BCUT2D eigenvalue weighted by atomic mass is 9.87. The summed E-state index contributed by atoms with van der Waals surface area (Å²) in [5.41, 5.74) is 7.65. The van der Waals surface area contributed by atoms with Gasteiger partial charge in [-0.05, 0) is 68.9 Å². The fourth-order valence-corrected chi connectivity index (χ4v) is 3.94. The van der Waals surface area contributed by atoms with E-state index in [1.54, 1.807) is 0 Å². The molecule has 4 nitrogen and oxygen atoms in total. The summed E-state index contributed by atoms with van der Waals surface area (Å²) in [6.45, 7) is 13.3. The van der Waals surface area contributed by atoms with Crippen molar-refractivity contribution < 1.29 is 9.84 Å². The highest BCUT2D eigenvalue weighted by Gasteiger charge is 2.20. The standard InChI is InChI=1S/C25H36N2O2/c1-7-12-19(16-28)20(9-3)22-15-18(8-2)25(26-17(22)6)21-13-14-24(29-11-5)27-23(21)10-4/h9,13-15,19,28H,7-8,10-12,16H2,1-6H3/b20-9-/t19-/m0/s1. The van der Waals surface area contributed by atoms with Crippen molar-refractivity contribution >= 4 is 5.57 Å². The van der Waals surface area contributed by atoms with E-state index in [2.05, 4.69) is 52.8 Å². The molecule has 0 radical (unpaired) electrons. The summed E-state index contributed by atoms with van der Waals surface area (Å²) in [6, 6.07) is 6.28. The van der Waals surface area contributed by atoms with Crippen LogP contribution in [-0.2, 0) is 12.8 Å². The molecule has 0 bridgehead atoms. The molecule has 0 aliphatic rings. The molecule has 158 valence electrons. The van der Waals surface area contributed by atoms with Crippen LogP contribution in [0, 0.1) is 12.8 Å². The molecule has 2 rings (SSSR count). The number of rotatable bonds is 10. The van der Waals surface area contributed by atoms with Gasteiger partial charge in [-0.3, -0.25) is 4.98 Å². The van der Waals surface area contributed by atoms with Gasteiger partial charge in [-0.25, -0.2) is 4.98 Å². The number of aryl methyl sites for hydroxylation is 3. The van der Waals surface area contributed by atoms with Crippen LogP contribution in [0.5, 0.6) is 5.88 Å². The molecule has 2 aromatic rings. The second kappa shape index (κ2) is 11.1. The summed E-state index contributed by atoms with van der Waals surface area (Å²) in [5.74, 6) is 0.820. The molecule has 1 N–H and O–H groups in total. The third-order valence-electron chi connectivity index (χ3n) is 5.42. The Morgan fingerprint density at radius 2 is 1.90 bits per heavy atom. The summed E-state index contributed by atoms with van der Waals surface area (Å²) in [6.07, 6.45) is 5.87. The number of aliphatic hydroxyl groups excluding tert-OH is 1. The predicted octanol–water partition coefficient (Wildman–Crippen LogP) is 5.79. The van der Waals surface area contributed by atoms with Crippen LogP contribution in [0.3, 0.4) is 0 Å². The Bertz CT molecular complexity index is 843. The van der Waals surface area contributed by atoms with E-state index < -0.39 is 0 Å². The highest BCUT2D eigenvalue weighted by molar-refractivity contribution is 5.74.